The molecule has 0 aliphatic carbocycles. The molecule has 1 saturated heterocycles. The van der Waals surface area contributed by atoms with Crippen LogP contribution in [-0.4, -0.2) is 60.1 Å². The summed E-state index contributed by atoms with van der Waals surface area (Å²) >= 11 is 1.73. The van der Waals surface area contributed by atoms with Gasteiger partial charge in [0.2, 0.25) is 0 Å². The molecule has 0 saturated carbocycles. The summed E-state index contributed by atoms with van der Waals surface area (Å²) in [6.45, 7) is 9.25. The van der Waals surface area contributed by atoms with Crippen molar-refractivity contribution in [1.29, 1.82) is 0 Å². The number of rotatable bonds is 10. The number of likely N-dealkylation sites (tertiary alicyclic amines) is 1. The van der Waals surface area contributed by atoms with E-state index in [-0.39, 0.29) is 0 Å². The molecule has 186 valence electrons. The van der Waals surface area contributed by atoms with Crippen molar-refractivity contribution in [2.45, 2.75) is 45.6 Å². The minimum absolute atomic E-state index is 0.381. The summed E-state index contributed by atoms with van der Waals surface area (Å²) in [6.07, 6.45) is 6.29. The van der Waals surface area contributed by atoms with Gasteiger partial charge in [-0.2, -0.15) is 0 Å². The first-order valence-corrected chi connectivity index (χ1v) is 13.4. The summed E-state index contributed by atoms with van der Waals surface area (Å²) in [7, 11) is 0. The molecule has 2 aromatic rings. The van der Waals surface area contributed by atoms with Crippen molar-refractivity contribution in [2.75, 3.05) is 39.0 Å². The third-order valence-electron chi connectivity index (χ3n) is 6.00. The predicted octanol–water partition coefficient (Wildman–Crippen LogP) is 6.60. The van der Waals surface area contributed by atoms with Gasteiger partial charge >= 0.3 is 0 Å². The maximum atomic E-state index is 13.3. The molecular formula is C27H37F2N3OS. The van der Waals surface area contributed by atoms with Crippen molar-refractivity contribution in [3.8, 4) is 5.75 Å². The number of hydrogen-bond donors (Lipinski definition) is 0. The van der Waals surface area contributed by atoms with Gasteiger partial charge in [-0.05, 0) is 68.7 Å². The highest BCUT2D eigenvalue weighted by atomic mass is 32.2. The summed E-state index contributed by atoms with van der Waals surface area (Å²) < 4.78 is 31.8. The molecule has 0 atom stereocenters. The van der Waals surface area contributed by atoms with Gasteiger partial charge in [0.15, 0.2) is 16.8 Å². The predicted molar refractivity (Wildman–Crippen MR) is 139 cm³/mol. The SMILES string of the molecule is CSC(=Nc1ccccc1)N(CC(C)C)C1CCN(CCCCOc2ccc(F)c(F)c2)CC1. The summed E-state index contributed by atoms with van der Waals surface area (Å²) in [5.74, 6) is -0.767. The lowest BCUT2D eigenvalue weighted by atomic mass is 10.0. The number of halogens is 2. The Morgan fingerprint density at radius 3 is 2.47 bits per heavy atom. The standard InChI is InChI=1S/C27H37F2N3OS/c1-21(2)20-32(27(34-3)30-22-9-5-4-6-10-22)23-13-16-31(17-14-23)15-7-8-18-33-24-11-12-25(28)26(29)19-24/h4-6,9-12,19,21,23H,7-8,13-18,20H2,1-3H3. The van der Waals surface area contributed by atoms with E-state index in [1.54, 1.807) is 11.8 Å². The third-order valence-corrected chi connectivity index (χ3v) is 6.69. The van der Waals surface area contributed by atoms with Crippen LogP contribution >= 0.6 is 11.8 Å². The molecule has 0 bridgehead atoms. The van der Waals surface area contributed by atoms with Gasteiger partial charge in [-0.25, -0.2) is 13.8 Å². The van der Waals surface area contributed by atoms with Crippen LogP contribution in [0.4, 0.5) is 14.5 Å². The first-order chi connectivity index (χ1) is 16.5. The summed E-state index contributed by atoms with van der Waals surface area (Å²) in [4.78, 5) is 10.0. The van der Waals surface area contributed by atoms with Gasteiger partial charge in [-0.15, -0.1) is 0 Å². The Bertz CT molecular complexity index is 902. The second-order valence-electron chi connectivity index (χ2n) is 9.18. The van der Waals surface area contributed by atoms with Crippen LogP contribution in [0.3, 0.4) is 0 Å². The van der Waals surface area contributed by atoms with Crippen LogP contribution in [0.1, 0.15) is 39.5 Å². The largest absolute Gasteiger partial charge is 0.493 e. The average molecular weight is 490 g/mol. The highest BCUT2D eigenvalue weighted by Gasteiger charge is 2.27. The van der Waals surface area contributed by atoms with E-state index >= 15 is 0 Å². The summed E-state index contributed by atoms with van der Waals surface area (Å²) in [5.41, 5.74) is 1.00. The Labute approximate surface area is 207 Å². The van der Waals surface area contributed by atoms with E-state index in [9.17, 15) is 8.78 Å². The molecule has 0 radical (unpaired) electrons. The molecule has 0 amide bonds. The van der Waals surface area contributed by atoms with Gasteiger partial charge in [0, 0.05) is 31.7 Å². The Kier molecular flexibility index (Phi) is 10.7. The van der Waals surface area contributed by atoms with Crippen LogP contribution in [0.2, 0.25) is 0 Å². The van der Waals surface area contributed by atoms with E-state index in [1.807, 2.05) is 18.2 Å². The van der Waals surface area contributed by atoms with Gasteiger partial charge < -0.3 is 14.5 Å². The number of benzene rings is 2. The summed E-state index contributed by atoms with van der Waals surface area (Å²) in [6, 6.07) is 14.4. The molecule has 3 rings (SSSR count). The fourth-order valence-corrected chi connectivity index (χ4v) is 4.92. The molecule has 7 heteroatoms. The van der Waals surface area contributed by atoms with Crippen molar-refractivity contribution in [2.24, 2.45) is 10.9 Å². The monoisotopic (exact) mass is 489 g/mol. The Morgan fingerprint density at radius 1 is 1.09 bits per heavy atom. The smallest absolute Gasteiger partial charge is 0.164 e. The molecule has 0 N–H and O–H groups in total. The van der Waals surface area contributed by atoms with Gasteiger partial charge in [-0.3, -0.25) is 0 Å². The number of para-hydroxylation sites is 1. The number of thioether (sulfide) groups is 1. The minimum Gasteiger partial charge on any atom is -0.493 e. The number of aliphatic imine (C=N–C) groups is 1. The topological polar surface area (TPSA) is 28.1 Å². The maximum absolute atomic E-state index is 13.3. The molecule has 1 heterocycles. The van der Waals surface area contributed by atoms with E-state index in [0.29, 0.717) is 24.3 Å². The van der Waals surface area contributed by atoms with E-state index in [4.69, 9.17) is 9.73 Å². The zero-order chi connectivity index (χ0) is 24.3. The fourth-order valence-electron chi connectivity index (χ4n) is 4.27. The molecule has 4 nitrogen and oxygen atoms in total. The molecule has 34 heavy (non-hydrogen) atoms. The van der Waals surface area contributed by atoms with Crippen LogP contribution in [0.25, 0.3) is 0 Å². The molecular weight excluding hydrogens is 452 g/mol. The van der Waals surface area contributed by atoms with Gasteiger partial charge in [0.05, 0.1) is 12.3 Å². The normalized spacial score (nSPS) is 15.6. The van der Waals surface area contributed by atoms with Crippen molar-refractivity contribution >= 4 is 22.6 Å². The van der Waals surface area contributed by atoms with Gasteiger partial charge in [0.1, 0.15) is 5.75 Å². The molecule has 0 unspecified atom stereocenters. The number of amidine groups is 1. The van der Waals surface area contributed by atoms with Crippen LogP contribution in [-0.2, 0) is 0 Å². The number of ether oxygens (including phenoxy) is 1. The second-order valence-corrected chi connectivity index (χ2v) is 9.96. The van der Waals surface area contributed by atoms with Crippen LogP contribution < -0.4 is 4.74 Å². The third kappa shape index (κ3) is 8.27. The quantitative estimate of drug-likeness (QED) is 0.214. The lowest BCUT2D eigenvalue weighted by molar-refractivity contribution is 0.145. The Hall–Kier alpha value is -2.12. The fraction of sp³-hybridized carbons (Fsp3) is 0.519. The average Bonchev–Trinajstić information content (AvgIpc) is 2.84. The first-order valence-electron chi connectivity index (χ1n) is 12.2. The number of unbranched alkanes of at least 4 members (excludes halogenated alkanes) is 1. The summed E-state index contributed by atoms with van der Waals surface area (Å²) in [5, 5.41) is 1.10. The second kappa shape index (κ2) is 13.7. The Morgan fingerprint density at radius 2 is 1.82 bits per heavy atom. The highest BCUT2D eigenvalue weighted by molar-refractivity contribution is 8.13. The molecule has 0 aromatic heterocycles. The molecule has 0 spiro atoms. The molecule has 2 aromatic carbocycles. The van der Waals surface area contributed by atoms with Gasteiger partial charge in [0.25, 0.3) is 0 Å². The van der Waals surface area contributed by atoms with Crippen LogP contribution in [0.15, 0.2) is 53.5 Å². The van der Waals surface area contributed by atoms with Crippen LogP contribution in [0, 0.1) is 17.6 Å². The Balaban J connectivity index is 1.45. The van der Waals surface area contributed by atoms with E-state index in [1.165, 1.54) is 6.07 Å². The molecule has 1 fully saturated rings. The first kappa shape index (κ1) is 26.5. The van der Waals surface area contributed by atoms with Crippen molar-refractivity contribution in [3.63, 3.8) is 0 Å². The molecule has 1 aliphatic heterocycles. The number of hydrogen-bond acceptors (Lipinski definition) is 4. The van der Waals surface area contributed by atoms with Crippen molar-refractivity contribution < 1.29 is 13.5 Å². The van der Waals surface area contributed by atoms with Crippen LogP contribution in [0.5, 0.6) is 5.75 Å². The van der Waals surface area contributed by atoms with E-state index < -0.39 is 11.6 Å². The van der Waals surface area contributed by atoms with Gasteiger partial charge in [-0.1, -0.05) is 43.8 Å². The highest BCUT2D eigenvalue weighted by Crippen LogP contribution is 2.24. The molecule has 1 aliphatic rings. The number of nitrogens with zero attached hydrogens (tertiary/aromatic N) is 3. The number of piperidine rings is 1. The lowest BCUT2D eigenvalue weighted by Crippen LogP contribution is -2.48. The van der Waals surface area contributed by atoms with Crippen molar-refractivity contribution in [1.82, 2.24) is 9.80 Å². The van der Waals surface area contributed by atoms with E-state index in [2.05, 4.69) is 42.0 Å². The maximum Gasteiger partial charge on any atom is 0.164 e. The lowest BCUT2D eigenvalue weighted by Gasteiger charge is -2.40. The minimum atomic E-state index is -0.870. The van der Waals surface area contributed by atoms with E-state index in [0.717, 1.165) is 74.9 Å². The van der Waals surface area contributed by atoms with Crippen molar-refractivity contribution in [3.05, 3.63) is 60.2 Å². The zero-order valence-electron chi connectivity index (χ0n) is 20.6. The zero-order valence-corrected chi connectivity index (χ0v) is 21.4.